The fraction of sp³-hybridized carbons (Fsp3) is 0.167. The van der Waals surface area contributed by atoms with Crippen molar-refractivity contribution in [1.29, 1.82) is 5.26 Å². The van der Waals surface area contributed by atoms with Crippen LogP contribution in [0.2, 0.25) is 0 Å². The van der Waals surface area contributed by atoms with E-state index in [4.69, 9.17) is 16.9 Å². The second-order valence-corrected chi connectivity index (χ2v) is 2.65. The molecule has 0 amide bonds. The van der Waals surface area contributed by atoms with Gasteiger partial charge in [-0.15, -0.1) is 12.6 Å². The average Bonchev–Trinajstić information content (AvgIpc) is 1.64. The second-order valence-electron chi connectivity index (χ2n) is 1.56. The van der Waals surface area contributed by atoms with Crippen LogP contribution in [0.25, 0.3) is 0 Å². The summed E-state index contributed by atoms with van der Waals surface area (Å²) in [6, 6.07) is 1.87. The highest BCUT2D eigenvalue weighted by Gasteiger charge is 1.98. The number of hydrogen-bond donors (Lipinski definition) is 1. The molecule has 0 spiro atoms. The summed E-state index contributed by atoms with van der Waals surface area (Å²) in [7, 11) is 0. The van der Waals surface area contributed by atoms with Crippen molar-refractivity contribution in [2.45, 2.75) is 6.92 Å². The minimum absolute atomic E-state index is 0.199. The molecule has 0 bridgehead atoms. The third-order valence-electron chi connectivity index (χ3n) is 0.745. The number of halogens is 1. The minimum atomic E-state index is 0.199. The van der Waals surface area contributed by atoms with E-state index >= 15 is 0 Å². The molecule has 0 aliphatic carbocycles. The summed E-state index contributed by atoms with van der Waals surface area (Å²) in [5.74, 6) is 0. The van der Waals surface area contributed by atoms with Crippen molar-refractivity contribution in [3.63, 3.8) is 0 Å². The van der Waals surface area contributed by atoms with Crippen molar-refractivity contribution in [2.24, 2.45) is 0 Å². The van der Waals surface area contributed by atoms with Gasteiger partial charge in [0.05, 0.1) is 9.94 Å². The first-order valence-corrected chi connectivity index (χ1v) is 3.06. The summed E-state index contributed by atoms with van der Waals surface area (Å²) in [6.07, 6.45) is 0. The summed E-state index contributed by atoms with van der Waals surface area (Å²) < 4.78 is 0.199. The van der Waals surface area contributed by atoms with Crippen LogP contribution in [0.3, 0.4) is 0 Å². The molecule has 0 rings (SSSR count). The van der Waals surface area contributed by atoms with E-state index in [1.807, 2.05) is 6.07 Å². The largest absolute Gasteiger partial charge is 0.192 e. The van der Waals surface area contributed by atoms with Crippen LogP contribution >= 0.6 is 24.2 Å². The standard InChI is InChI=1S/C6H6ClNS/c1-4(2)5(3-8)6(7)9/h9H,1H2,2H3/b6-5-. The van der Waals surface area contributed by atoms with E-state index in [-0.39, 0.29) is 4.36 Å². The van der Waals surface area contributed by atoms with Gasteiger partial charge < -0.3 is 0 Å². The van der Waals surface area contributed by atoms with Crippen molar-refractivity contribution in [3.05, 3.63) is 22.1 Å². The van der Waals surface area contributed by atoms with Crippen molar-refractivity contribution in [1.82, 2.24) is 0 Å². The highest BCUT2D eigenvalue weighted by Crippen LogP contribution is 2.17. The Kier molecular flexibility index (Phi) is 3.44. The molecule has 0 aromatic heterocycles. The molecule has 0 saturated heterocycles. The zero-order valence-electron chi connectivity index (χ0n) is 4.98. The van der Waals surface area contributed by atoms with Crippen LogP contribution in [0.15, 0.2) is 22.1 Å². The zero-order valence-corrected chi connectivity index (χ0v) is 6.63. The Morgan fingerprint density at radius 3 is 2.22 bits per heavy atom. The van der Waals surface area contributed by atoms with Crippen LogP contribution in [-0.2, 0) is 0 Å². The molecule has 3 heteroatoms. The maximum Gasteiger partial charge on any atom is 0.102 e. The van der Waals surface area contributed by atoms with Crippen LogP contribution in [0, 0.1) is 11.3 Å². The van der Waals surface area contributed by atoms with E-state index in [1.54, 1.807) is 6.92 Å². The van der Waals surface area contributed by atoms with Crippen LogP contribution in [0.5, 0.6) is 0 Å². The first kappa shape index (κ1) is 8.61. The fourth-order valence-electron chi connectivity index (χ4n) is 0.318. The summed E-state index contributed by atoms with van der Waals surface area (Å²) in [6.45, 7) is 5.24. The van der Waals surface area contributed by atoms with Gasteiger partial charge in [-0.25, -0.2) is 0 Å². The van der Waals surface area contributed by atoms with Crippen molar-refractivity contribution in [2.75, 3.05) is 0 Å². The smallest absolute Gasteiger partial charge is 0.102 e. The molecule has 0 aliphatic rings. The minimum Gasteiger partial charge on any atom is -0.192 e. The molecule has 0 heterocycles. The van der Waals surface area contributed by atoms with Crippen molar-refractivity contribution >= 4 is 24.2 Å². The molecule has 0 fully saturated rings. The molecule has 9 heavy (non-hydrogen) atoms. The second kappa shape index (κ2) is 3.60. The highest BCUT2D eigenvalue weighted by atomic mass is 35.5. The van der Waals surface area contributed by atoms with Crippen LogP contribution in [-0.4, -0.2) is 0 Å². The first-order chi connectivity index (χ1) is 4.09. The summed E-state index contributed by atoms with van der Waals surface area (Å²) in [4.78, 5) is 0. The molecular weight excluding hydrogens is 154 g/mol. The lowest BCUT2D eigenvalue weighted by molar-refractivity contribution is 1.42. The molecule has 0 atom stereocenters. The van der Waals surface area contributed by atoms with E-state index in [0.29, 0.717) is 11.1 Å². The third-order valence-corrected chi connectivity index (χ3v) is 1.16. The lowest BCUT2D eigenvalue weighted by Crippen LogP contribution is -1.78. The molecule has 0 aromatic rings. The summed E-state index contributed by atoms with van der Waals surface area (Å²) in [5.41, 5.74) is 0.984. The Labute approximate surface area is 65.0 Å². The number of hydrogen-bond acceptors (Lipinski definition) is 2. The number of allylic oxidation sites excluding steroid dienone is 2. The van der Waals surface area contributed by atoms with Gasteiger partial charge in [0, 0.05) is 0 Å². The molecule has 0 N–H and O–H groups in total. The lowest BCUT2D eigenvalue weighted by atomic mass is 10.2. The van der Waals surface area contributed by atoms with E-state index in [2.05, 4.69) is 19.2 Å². The summed E-state index contributed by atoms with van der Waals surface area (Å²) in [5, 5.41) is 8.36. The monoisotopic (exact) mass is 159 g/mol. The molecule has 0 radical (unpaired) electrons. The summed E-state index contributed by atoms with van der Waals surface area (Å²) >= 11 is 9.17. The predicted molar refractivity (Wildman–Crippen MR) is 42.3 cm³/mol. The number of rotatable bonds is 1. The maximum atomic E-state index is 8.36. The quantitative estimate of drug-likeness (QED) is 0.355. The highest BCUT2D eigenvalue weighted by molar-refractivity contribution is 7.86. The lowest BCUT2D eigenvalue weighted by Gasteiger charge is -1.93. The van der Waals surface area contributed by atoms with E-state index in [0.717, 1.165) is 0 Å². The van der Waals surface area contributed by atoms with Gasteiger partial charge in [0.1, 0.15) is 6.07 Å². The van der Waals surface area contributed by atoms with Crippen LogP contribution in [0.1, 0.15) is 6.92 Å². The number of thiol groups is 1. The first-order valence-electron chi connectivity index (χ1n) is 2.24. The van der Waals surface area contributed by atoms with Gasteiger partial charge in [-0.2, -0.15) is 5.26 Å². The molecule has 1 nitrogen and oxygen atoms in total. The normalized spacial score (nSPS) is 11.8. The number of nitriles is 1. The third kappa shape index (κ3) is 2.59. The van der Waals surface area contributed by atoms with Crippen molar-refractivity contribution in [3.8, 4) is 6.07 Å². The molecule has 48 valence electrons. The maximum absolute atomic E-state index is 8.36. The predicted octanol–water partition coefficient (Wildman–Crippen LogP) is 2.47. The van der Waals surface area contributed by atoms with E-state index < -0.39 is 0 Å². The fourth-order valence-corrected chi connectivity index (χ4v) is 0.762. The average molecular weight is 160 g/mol. The van der Waals surface area contributed by atoms with Gasteiger partial charge in [-0.3, -0.25) is 0 Å². The van der Waals surface area contributed by atoms with E-state index in [1.165, 1.54) is 0 Å². The van der Waals surface area contributed by atoms with Gasteiger partial charge in [0.25, 0.3) is 0 Å². The van der Waals surface area contributed by atoms with Gasteiger partial charge in [-0.05, 0) is 12.5 Å². The topological polar surface area (TPSA) is 23.8 Å². The van der Waals surface area contributed by atoms with Crippen LogP contribution < -0.4 is 0 Å². The Balaban J connectivity index is 4.62. The molecule has 0 aromatic carbocycles. The van der Waals surface area contributed by atoms with E-state index in [9.17, 15) is 0 Å². The molecule has 0 aliphatic heterocycles. The van der Waals surface area contributed by atoms with Gasteiger partial charge >= 0.3 is 0 Å². The molecule has 0 saturated carbocycles. The zero-order chi connectivity index (χ0) is 7.44. The SMILES string of the molecule is C=C(C)/C(C#N)=C(\S)Cl. The van der Waals surface area contributed by atoms with Gasteiger partial charge in [0.2, 0.25) is 0 Å². The Morgan fingerprint density at radius 1 is 1.78 bits per heavy atom. The Morgan fingerprint density at radius 2 is 2.22 bits per heavy atom. The van der Waals surface area contributed by atoms with Gasteiger partial charge in [-0.1, -0.05) is 18.2 Å². The Hall–Kier alpha value is -0.390. The Bertz CT molecular complexity index is 196. The molecular formula is C6H6ClNS. The molecule has 0 unspecified atom stereocenters. The number of nitrogens with zero attached hydrogens (tertiary/aromatic N) is 1. The van der Waals surface area contributed by atoms with Crippen molar-refractivity contribution < 1.29 is 0 Å². The van der Waals surface area contributed by atoms with Crippen LogP contribution in [0.4, 0.5) is 0 Å². The van der Waals surface area contributed by atoms with Gasteiger partial charge in [0.15, 0.2) is 0 Å².